The largest absolute Gasteiger partial charge is 0.440 e. The number of nitro benzene ring substituents is 1. The fourth-order valence-corrected chi connectivity index (χ4v) is 2.16. The molecule has 1 N–H and O–H groups in total. The van der Waals surface area contributed by atoms with Gasteiger partial charge in [0.25, 0.3) is 10.9 Å². The predicted molar refractivity (Wildman–Crippen MR) is 64.4 cm³/mol. The summed E-state index contributed by atoms with van der Waals surface area (Å²) in [5, 5.41) is 20.7. The molecule has 2 aromatic rings. The molecule has 0 aliphatic heterocycles. The van der Waals surface area contributed by atoms with Crippen LogP contribution in [0, 0.1) is 10.1 Å². The van der Waals surface area contributed by atoms with Gasteiger partial charge in [0, 0.05) is 6.07 Å². The van der Waals surface area contributed by atoms with Crippen LogP contribution in [-0.2, 0) is 0 Å². The lowest BCUT2D eigenvalue weighted by Crippen LogP contribution is -1.96. The molecule has 1 atom stereocenters. The third-order valence-electron chi connectivity index (χ3n) is 2.27. The number of hydrogen-bond donors (Lipinski definition) is 1. The van der Waals surface area contributed by atoms with Crippen molar-refractivity contribution in [2.75, 3.05) is 0 Å². The van der Waals surface area contributed by atoms with E-state index in [1.807, 2.05) is 0 Å². The summed E-state index contributed by atoms with van der Waals surface area (Å²) in [6.45, 7) is 1.56. The first-order chi connectivity index (χ1) is 8.58. The lowest BCUT2D eigenvalue weighted by molar-refractivity contribution is -0.387. The first kappa shape index (κ1) is 12.6. The maximum Gasteiger partial charge on any atom is 0.283 e. The highest BCUT2D eigenvalue weighted by Gasteiger charge is 2.18. The Labute approximate surface area is 107 Å². The molecule has 7 heteroatoms. The van der Waals surface area contributed by atoms with Crippen molar-refractivity contribution in [3.8, 4) is 0 Å². The van der Waals surface area contributed by atoms with Crippen molar-refractivity contribution in [2.45, 2.75) is 23.1 Å². The van der Waals surface area contributed by atoms with Crippen LogP contribution in [0.25, 0.3) is 0 Å². The number of rotatable bonds is 4. The molecular formula is C11H10N2O4S. The molecule has 94 valence electrons. The molecule has 0 aliphatic rings. The van der Waals surface area contributed by atoms with Gasteiger partial charge in [0.1, 0.15) is 6.26 Å². The van der Waals surface area contributed by atoms with Crippen LogP contribution in [0.5, 0.6) is 0 Å². The van der Waals surface area contributed by atoms with Crippen LogP contribution >= 0.6 is 11.8 Å². The molecule has 0 aliphatic carbocycles. The molecule has 0 saturated carbocycles. The second-order valence-corrected chi connectivity index (χ2v) is 4.55. The number of nitrogens with zero attached hydrogens (tertiary/aromatic N) is 2. The Morgan fingerprint density at radius 2 is 2.33 bits per heavy atom. The van der Waals surface area contributed by atoms with Crippen molar-refractivity contribution in [2.24, 2.45) is 0 Å². The average Bonchev–Trinajstić information content (AvgIpc) is 2.81. The molecule has 0 unspecified atom stereocenters. The molecule has 0 saturated heterocycles. The summed E-state index contributed by atoms with van der Waals surface area (Å²) in [6, 6.07) is 4.58. The number of aromatic nitrogens is 1. The first-order valence-electron chi connectivity index (χ1n) is 5.11. The smallest absolute Gasteiger partial charge is 0.283 e. The third kappa shape index (κ3) is 2.69. The highest BCUT2D eigenvalue weighted by atomic mass is 32.2. The van der Waals surface area contributed by atoms with Crippen molar-refractivity contribution >= 4 is 17.4 Å². The topological polar surface area (TPSA) is 89.4 Å². The fraction of sp³-hybridized carbons (Fsp3) is 0.182. The van der Waals surface area contributed by atoms with Gasteiger partial charge < -0.3 is 9.52 Å². The number of nitro groups is 1. The number of aliphatic hydroxyl groups excluding tert-OH is 1. The average molecular weight is 266 g/mol. The molecule has 6 nitrogen and oxygen atoms in total. The number of aliphatic hydroxyl groups is 1. The lowest BCUT2D eigenvalue weighted by Gasteiger charge is -2.06. The number of hydrogen-bond acceptors (Lipinski definition) is 6. The Morgan fingerprint density at radius 3 is 2.89 bits per heavy atom. The van der Waals surface area contributed by atoms with E-state index in [1.54, 1.807) is 19.1 Å². The minimum atomic E-state index is -0.746. The van der Waals surface area contributed by atoms with E-state index >= 15 is 0 Å². The summed E-state index contributed by atoms with van der Waals surface area (Å²) in [7, 11) is 0. The van der Waals surface area contributed by atoms with E-state index in [1.165, 1.54) is 18.5 Å². The number of benzene rings is 1. The van der Waals surface area contributed by atoms with E-state index in [0.717, 1.165) is 11.8 Å². The lowest BCUT2D eigenvalue weighted by atomic mass is 10.1. The van der Waals surface area contributed by atoms with Gasteiger partial charge in [-0.25, -0.2) is 4.98 Å². The molecule has 0 fully saturated rings. The summed E-state index contributed by atoms with van der Waals surface area (Å²) >= 11 is 1.07. The zero-order chi connectivity index (χ0) is 13.1. The van der Waals surface area contributed by atoms with E-state index in [-0.39, 0.29) is 5.69 Å². The van der Waals surface area contributed by atoms with Crippen LogP contribution in [0.3, 0.4) is 0 Å². The molecule has 1 aromatic heterocycles. The van der Waals surface area contributed by atoms with Crippen molar-refractivity contribution < 1.29 is 14.4 Å². The molecule has 1 heterocycles. The molecular weight excluding hydrogens is 256 g/mol. The van der Waals surface area contributed by atoms with Crippen molar-refractivity contribution in [1.82, 2.24) is 4.98 Å². The summed E-state index contributed by atoms with van der Waals surface area (Å²) in [5.74, 6) is 0. The quantitative estimate of drug-likeness (QED) is 0.676. The van der Waals surface area contributed by atoms with E-state index in [9.17, 15) is 15.2 Å². The summed E-state index contributed by atoms with van der Waals surface area (Å²) in [4.78, 5) is 14.8. The fourth-order valence-electron chi connectivity index (χ4n) is 1.38. The van der Waals surface area contributed by atoms with Crippen LogP contribution in [0.2, 0.25) is 0 Å². The highest BCUT2D eigenvalue weighted by Crippen LogP contribution is 2.35. The Bertz CT molecular complexity index is 554. The van der Waals surface area contributed by atoms with Gasteiger partial charge in [0.05, 0.1) is 22.1 Å². The second-order valence-electron chi connectivity index (χ2n) is 3.56. The Morgan fingerprint density at radius 1 is 1.56 bits per heavy atom. The second kappa shape index (κ2) is 5.19. The molecule has 0 amide bonds. The van der Waals surface area contributed by atoms with Crippen LogP contribution in [0.4, 0.5) is 5.69 Å². The van der Waals surface area contributed by atoms with Gasteiger partial charge in [0.2, 0.25) is 0 Å². The van der Waals surface area contributed by atoms with Crippen LogP contribution in [0.15, 0.2) is 45.2 Å². The monoisotopic (exact) mass is 266 g/mol. The molecule has 0 spiro atoms. The maximum absolute atomic E-state index is 11.0. The van der Waals surface area contributed by atoms with Gasteiger partial charge in [0.15, 0.2) is 0 Å². The molecule has 1 aromatic carbocycles. The molecule has 2 rings (SSSR count). The van der Waals surface area contributed by atoms with Crippen molar-refractivity contribution in [3.05, 3.63) is 46.3 Å². The predicted octanol–water partition coefficient (Wildman–Crippen LogP) is 2.79. The van der Waals surface area contributed by atoms with Crippen LogP contribution in [0.1, 0.15) is 18.6 Å². The Balaban J connectivity index is 2.37. The van der Waals surface area contributed by atoms with E-state index < -0.39 is 11.0 Å². The zero-order valence-electron chi connectivity index (χ0n) is 9.44. The SMILES string of the molecule is C[C@H](O)c1ccc(Sc2ncco2)c([N+](=O)[O-])c1. The van der Waals surface area contributed by atoms with Crippen LogP contribution < -0.4 is 0 Å². The van der Waals surface area contributed by atoms with Gasteiger partial charge in [-0.2, -0.15) is 0 Å². The van der Waals surface area contributed by atoms with Gasteiger partial charge in [-0.15, -0.1) is 0 Å². The minimum absolute atomic E-state index is 0.0726. The van der Waals surface area contributed by atoms with E-state index in [0.29, 0.717) is 15.7 Å². The summed E-state index contributed by atoms with van der Waals surface area (Å²) in [6.07, 6.45) is 2.13. The van der Waals surface area contributed by atoms with Gasteiger partial charge in [-0.3, -0.25) is 10.1 Å². The summed E-state index contributed by atoms with van der Waals surface area (Å²) in [5.41, 5.74) is 0.426. The van der Waals surface area contributed by atoms with Crippen molar-refractivity contribution in [1.29, 1.82) is 0 Å². The van der Waals surface area contributed by atoms with Gasteiger partial charge in [-0.1, -0.05) is 6.07 Å². The van der Waals surface area contributed by atoms with E-state index in [2.05, 4.69) is 4.98 Å². The summed E-state index contributed by atoms with van der Waals surface area (Å²) < 4.78 is 5.03. The molecule has 0 radical (unpaired) electrons. The van der Waals surface area contributed by atoms with Gasteiger partial charge in [-0.05, 0) is 30.3 Å². The standard InChI is InChI=1S/C11H10N2O4S/c1-7(14)8-2-3-10(9(6-8)13(15)16)18-11-12-4-5-17-11/h2-7,14H,1H3/t7-/m0/s1. The van der Waals surface area contributed by atoms with Gasteiger partial charge >= 0.3 is 0 Å². The van der Waals surface area contributed by atoms with E-state index in [4.69, 9.17) is 4.42 Å². The normalized spacial score (nSPS) is 12.3. The molecule has 0 bridgehead atoms. The maximum atomic E-state index is 11.0. The number of oxazole rings is 1. The minimum Gasteiger partial charge on any atom is -0.440 e. The first-order valence-corrected chi connectivity index (χ1v) is 5.93. The highest BCUT2D eigenvalue weighted by molar-refractivity contribution is 7.99. The van der Waals surface area contributed by atoms with Crippen LogP contribution in [-0.4, -0.2) is 15.0 Å². The molecule has 18 heavy (non-hydrogen) atoms. The Hall–Kier alpha value is -1.86. The van der Waals surface area contributed by atoms with Crippen molar-refractivity contribution in [3.63, 3.8) is 0 Å². The Kier molecular flexibility index (Phi) is 3.63. The third-order valence-corrected chi connectivity index (χ3v) is 3.21. The zero-order valence-corrected chi connectivity index (χ0v) is 10.3.